The Bertz CT molecular complexity index is 648. The second-order valence-electron chi connectivity index (χ2n) is 6.51. The summed E-state index contributed by atoms with van der Waals surface area (Å²) in [5.74, 6) is -0.417. The molecular weight excluding hydrogens is 304 g/mol. The lowest BCUT2D eigenvalue weighted by Gasteiger charge is -2.30. The maximum Gasteiger partial charge on any atom is 0.278 e. The predicted octanol–water partition coefficient (Wildman–Crippen LogP) is 2.02. The number of hydrogen-bond acceptors (Lipinski definition) is 4. The summed E-state index contributed by atoms with van der Waals surface area (Å²) in [4.78, 5) is 29.3. The van der Waals surface area contributed by atoms with Crippen LogP contribution in [0.25, 0.3) is 5.57 Å². The first-order valence-electron chi connectivity index (χ1n) is 8.64. The molecule has 0 spiro atoms. The molecule has 2 amide bonds. The number of likely N-dealkylation sites (N-methyl/N-ethyl adjacent to an activating group) is 1. The lowest BCUT2D eigenvalue weighted by atomic mass is 9.94. The van der Waals surface area contributed by atoms with E-state index in [2.05, 4.69) is 0 Å². The molecule has 0 unspecified atom stereocenters. The first-order valence-corrected chi connectivity index (χ1v) is 8.64. The molecule has 0 aromatic heterocycles. The van der Waals surface area contributed by atoms with Crippen LogP contribution in [0.1, 0.15) is 37.7 Å². The molecule has 128 valence electrons. The molecule has 1 N–H and O–H groups in total. The van der Waals surface area contributed by atoms with Crippen LogP contribution in [0, 0.1) is 0 Å². The van der Waals surface area contributed by atoms with Gasteiger partial charge in [-0.15, -0.1) is 0 Å². The quantitative estimate of drug-likeness (QED) is 0.840. The van der Waals surface area contributed by atoms with Gasteiger partial charge >= 0.3 is 0 Å². The van der Waals surface area contributed by atoms with Crippen LogP contribution in [-0.4, -0.2) is 53.0 Å². The first-order chi connectivity index (χ1) is 11.6. The number of aliphatic hydroxyl groups is 1. The van der Waals surface area contributed by atoms with E-state index in [1.54, 1.807) is 11.9 Å². The third-order valence-electron chi connectivity index (χ3n) is 4.91. The van der Waals surface area contributed by atoms with Crippen LogP contribution >= 0.6 is 0 Å². The molecule has 0 atom stereocenters. The van der Waals surface area contributed by atoms with Gasteiger partial charge in [0, 0.05) is 19.6 Å². The molecule has 1 saturated carbocycles. The fraction of sp³-hybridized carbons (Fsp3) is 0.474. The standard InChI is InChI=1S/C19H24N2O3/c1-20(12-13-22)17-16(14-8-4-2-5-9-14)18(23)21(19(17)24)15-10-6-3-7-11-15/h2,4-5,8-9,15,22H,3,6-7,10-13H2,1H3. The van der Waals surface area contributed by atoms with Crippen molar-refractivity contribution in [2.24, 2.45) is 0 Å². The van der Waals surface area contributed by atoms with Gasteiger partial charge in [0.2, 0.25) is 0 Å². The predicted molar refractivity (Wildman–Crippen MR) is 91.8 cm³/mol. The summed E-state index contributed by atoms with van der Waals surface area (Å²) in [5.41, 5.74) is 1.63. The first kappa shape index (κ1) is 16.7. The molecule has 0 bridgehead atoms. The summed E-state index contributed by atoms with van der Waals surface area (Å²) in [6.07, 6.45) is 5.06. The van der Waals surface area contributed by atoms with Crippen LogP contribution in [0.2, 0.25) is 0 Å². The number of nitrogens with zero attached hydrogens (tertiary/aromatic N) is 2. The minimum Gasteiger partial charge on any atom is -0.395 e. The highest BCUT2D eigenvalue weighted by Crippen LogP contribution is 2.35. The zero-order valence-electron chi connectivity index (χ0n) is 14.1. The number of carbonyl (C=O) groups is 2. The Kier molecular flexibility index (Phi) is 5.00. The zero-order valence-corrected chi connectivity index (χ0v) is 14.1. The summed E-state index contributed by atoms with van der Waals surface area (Å²) in [6, 6.07) is 9.34. The molecule has 1 heterocycles. The van der Waals surface area contributed by atoms with E-state index in [4.69, 9.17) is 0 Å². The highest BCUT2D eigenvalue weighted by atomic mass is 16.3. The second kappa shape index (κ2) is 7.18. The lowest BCUT2D eigenvalue weighted by Crippen LogP contribution is -2.43. The zero-order chi connectivity index (χ0) is 17.1. The fourth-order valence-electron chi connectivity index (χ4n) is 3.69. The molecule has 1 aliphatic carbocycles. The van der Waals surface area contributed by atoms with E-state index >= 15 is 0 Å². The van der Waals surface area contributed by atoms with Gasteiger partial charge in [0.1, 0.15) is 5.70 Å². The summed E-state index contributed by atoms with van der Waals surface area (Å²) in [7, 11) is 1.75. The number of hydrogen-bond donors (Lipinski definition) is 1. The molecule has 0 saturated heterocycles. The Morgan fingerprint density at radius 2 is 1.75 bits per heavy atom. The van der Waals surface area contributed by atoms with Gasteiger partial charge in [-0.2, -0.15) is 0 Å². The smallest absolute Gasteiger partial charge is 0.278 e. The van der Waals surface area contributed by atoms with E-state index in [1.807, 2.05) is 30.3 Å². The van der Waals surface area contributed by atoms with Gasteiger partial charge in [-0.25, -0.2) is 0 Å². The van der Waals surface area contributed by atoms with E-state index in [9.17, 15) is 14.7 Å². The van der Waals surface area contributed by atoms with Gasteiger partial charge in [-0.1, -0.05) is 49.6 Å². The molecule has 5 nitrogen and oxygen atoms in total. The summed E-state index contributed by atoms with van der Waals surface area (Å²) < 4.78 is 0. The molecule has 3 rings (SSSR count). The number of imide groups is 1. The van der Waals surface area contributed by atoms with Crippen LogP contribution in [0.15, 0.2) is 36.0 Å². The van der Waals surface area contributed by atoms with Crippen LogP contribution in [-0.2, 0) is 9.59 Å². The highest BCUT2D eigenvalue weighted by molar-refractivity contribution is 6.35. The number of aliphatic hydroxyl groups excluding tert-OH is 1. The molecular formula is C19H24N2O3. The molecule has 1 aliphatic heterocycles. The Morgan fingerprint density at radius 3 is 2.38 bits per heavy atom. The molecule has 2 aliphatic rings. The Labute approximate surface area is 142 Å². The van der Waals surface area contributed by atoms with Crippen LogP contribution in [0.3, 0.4) is 0 Å². The normalized spacial score (nSPS) is 19.3. The largest absolute Gasteiger partial charge is 0.395 e. The molecule has 1 fully saturated rings. The summed E-state index contributed by atoms with van der Waals surface area (Å²) >= 11 is 0. The Morgan fingerprint density at radius 1 is 1.08 bits per heavy atom. The molecule has 1 aromatic carbocycles. The average Bonchev–Trinajstić information content (AvgIpc) is 2.87. The number of rotatable bonds is 5. The van der Waals surface area contributed by atoms with Crippen molar-refractivity contribution in [3.63, 3.8) is 0 Å². The Balaban J connectivity index is 2.01. The molecule has 1 aromatic rings. The fourth-order valence-corrected chi connectivity index (χ4v) is 3.69. The van der Waals surface area contributed by atoms with Crippen molar-refractivity contribution in [3.8, 4) is 0 Å². The van der Waals surface area contributed by atoms with Crippen LogP contribution in [0.4, 0.5) is 0 Å². The number of amides is 2. The van der Waals surface area contributed by atoms with Crippen molar-refractivity contribution in [1.82, 2.24) is 9.80 Å². The van der Waals surface area contributed by atoms with E-state index in [-0.39, 0.29) is 24.5 Å². The van der Waals surface area contributed by atoms with Gasteiger partial charge in [0.15, 0.2) is 0 Å². The van der Waals surface area contributed by atoms with E-state index in [1.165, 1.54) is 11.3 Å². The second-order valence-corrected chi connectivity index (χ2v) is 6.51. The Hall–Kier alpha value is -2.14. The van der Waals surface area contributed by atoms with Crippen molar-refractivity contribution in [3.05, 3.63) is 41.6 Å². The molecule has 5 heteroatoms. The van der Waals surface area contributed by atoms with E-state index in [0.29, 0.717) is 17.8 Å². The van der Waals surface area contributed by atoms with Crippen molar-refractivity contribution < 1.29 is 14.7 Å². The van der Waals surface area contributed by atoms with Crippen molar-refractivity contribution in [1.29, 1.82) is 0 Å². The minimum atomic E-state index is -0.221. The van der Waals surface area contributed by atoms with Gasteiger partial charge in [0.25, 0.3) is 11.8 Å². The van der Waals surface area contributed by atoms with Gasteiger partial charge in [0.05, 0.1) is 12.2 Å². The van der Waals surface area contributed by atoms with Gasteiger partial charge in [-0.05, 0) is 18.4 Å². The third kappa shape index (κ3) is 2.96. The number of benzene rings is 1. The van der Waals surface area contributed by atoms with E-state index < -0.39 is 0 Å². The maximum atomic E-state index is 13.1. The van der Waals surface area contributed by atoms with E-state index in [0.717, 1.165) is 31.2 Å². The SMILES string of the molecule is CN(CCO)C1=C(c2ccccc2)C(=O)N(C2CCCCC2)C1=O. The lowest BCUT2D eigenvalue weighted by molar-refractivity contribution is -0.140. The average molecular weight is 328 g/mol. The van der Waals surface area contributed by atoms with Gasteiger partial charge < -0.3 is 10.0 Å². The van der Waals surface area contributed by atoms with Crippen molar-refractivity contribution >= 4 is 17.4 Å². The topological polar surface area (TPSA) is 60.9 Å². The van der Waals surface area contributed by atoms with Crippen molar-refractivity contribution in [2.45, 2.75) is 38.1 Å². The van der Waals surface area contributed by atoms with Crippen molar-refractivity contribution in [2.75, 3.05) is 20.2 Å². The molecule has 0 radical (unpaired) electrons. The highest BCUT2D eigenvalue weighted by Gasteiger charge is 2.44. The minimum absolute atomic E-state index is 0.00233. The van der Waals surface area contributed by atoms with Crippen LogP contribution in [0.5, 0.6) is 0 Å². The summed E-state index contributed by atoms with van der Waals surface area (Å²) in [6.45, 7) is 0.260. The third-order valence-corrected chi connectivity index (χ3v) is 4.91. The monoisotopic (exact) mass is 328 g/mol. The maximum absolute atomic E-state index is 13.1. The van der Waals surface area contributed by atoms with Gasteiger partial charge in [-0.3, -0.25) is 14.5 Å². The van der Waals surface area contributed by atoms with Crippen LogP contribution < -0.4 is 0 Å². The number of carbonyl (C=O) groups excluding carboxylic acids is 2. The summed E-state index contributed by atoms with van der Waals surface area (Å²) in [5, 5.41) is 9.25. The molecule has 24 heavy (non-hydrogen) atoms.